The van der Waals surface area contributed by atoms with Gasteiger partial charge in [0.1, 0.15) is 0 Å². The molecule has 0 spiro atoms. The Labute approximate surface area is 212 Å². The van der Waals surface area contributed by atoms with Crippen LogP contribution in [-0.2, 0) is 14.8 Å². The molecule has 10 nitrogen and oxygen atoms in total. The number of benzene rings is 1. The Morgan fingerprint density at radius 2 is 1.81 bits per heavy atom. The first-order valence-electron chi connectivity index (χ1n) is 11.3. The van der Waals surface area contributed by atoms with Crippen molar-refractivity contribution in [2.75, 3.05) is 28.0 Å². The molecule has 0 unspecified atom stereocenters. The summed E-state index contributed by atoms with van der Waals surface area (Å²) in [4.78, 5) is 23.1. The number of amides is 1. The molecular formula is C24H23N7O3S2. The summed E-state index contributed by atoms with van der Waals surface area (Å²) in [7, 11) is -3.73. The first kappa shape index (κ1) is 23.8. The Kier molecular flexibility index (Phi) is 6.87. The van der Waals surface area contributed by atoms with Crippen molar-refractivity contribution in [2.24, 2.45) is 5.92 Å². The van der Waals surface area contributed by atoms with Crippen LogP contribution in [0.5, 0.6) is 0 Å². The maximum absolute atomic E-state index is 12.8. The van der Waals surface area contributed by atoms with Crippen LogP contribution in [0.25, 0.3) is 11.3 Å². The van der Waals surface area contributed by atoms with Crippen molar-refractivity contribution in [3.8, 4) is 11.3 Å². The van der Waals surface area contributed by atoms with Crippen LogP contribution in [0, 0.1) is 5.92 Å². The smallest absolute Gasteiger partial charge is 0.263 e. The van der Waals surface area contributed by atoms with Crippen molar-refractivity contribution in [1.82, 2.24) is 20.2 Å². The maximum atomic E-state index is 12.8. The van der Waals surface area contributed by atoms with Crippen LogP contribution >= 0.6 is 11.3 Å². The Bertz CT molecular complexity index is 1410. The van der Waals surface area contributed by atoms with Crippen molar-refractivity contribution in [1.29, 1.82) is 0 Å². The Morgan fingerprint density at radius 1 is 1.00 bits per heavy atom. The third-order valence-corrected chi connectivity index (χ3v) is 8.06. The molecule has 3 aromatic heterocycles. The van der Waals surface area contributed by atoms with E-state index in [0.717, 1.165) is 17.1 Å². The first-order chi connectivity index (χ1) is 17.5. The highest BCUT2D eigenvalue weighted by Gasteiger charge is 2.26. The molecule has 12 heteroatoms. The van der Waals surface area contributed by atoms with Gasteiger partial charge in [-0.25, -0.2) is 13.4 Å². The molecule has 2 N–H and O–H groups in total. The monoisotopic (exact) mass is 521 g/mol. The van der Waals surface area contributed by atoms with Gasteiger partial charge < -0.3 is 10.2 Å². The van der Waals surface area contributed by atoms with Gasteiger partial charge in [0, 0.05) is 54.2 Å². The number of nitrogens with one attached hydrogen (secondary N) is 2. The second-order valence-corrected chi connectivity index (χ2v) is 10.8. The first-order valence-corrected chi connectivity index (χ1v) is 13.7. The summed E-state index contributed by atoms with van der Waals surface area (Å²) in [5.41, 5.74) is 2.22. The Morgan fingerprint density at radius 3 is 2.44 bits per heavy atom. The van der Waals surface area contributed by atoms with E-state index in [1.54, 1.807) is 29.9 Å². The number of nitrogens with zero attached hydrogens (tertiary/aromatic N) is 5. The fourth-order valence-corrected chi connectivity index (χ4v) is 5.73. The number of pyridine rings is 1. The maximum Gasteiger partial charge on any atom is 0.263 e. The molecule has 0 bridgehead atoms. The standard InChI is InChI=1S/C24H23N7O3S2/c32-23(27-19-3-5-20(6-4-19)36(33,34)30-24-26-12-15-35-24)17-9-13-31(14-10-17)22-8-7-21(28-29-22)18-2-1-11-25-16-18/h1-8,11-12,15-17H,9-10,13-14H2,(H,26,30)(H,27,32). The summed E-state index contributed by atoms with van der Waals surface area (Å²) >= 11 is 1.20. The molecule has 4 heterocycles. The summed E-state index contributed by atoms with van der Waals surface area (Å²) < 4.78 is 27.4. The molecule has 1 saturated heterocycles. The zero-order valence-corrected chi connectivity index (χ0v) is 20.7. The van der Waals surface area contributed by atoms with Crippen LogP contribution in [0.3, 0.4) is 0 Å². The van der Waals surface area contributed by atoms with Crippen molar-refractivity contribution < 1.29 is 13.2 Å². The van der Waals surface area contributed by atoms with Crippen LogP contribution in [-0.4, -0.2) is 47.6 Å². The van der Waals surface area contributed by atoms with Crippen LogP contribution in [0.2, 0.25) is 0 Å². The predicted molar refractivity (Wildman–Crippen MR) is 138 cm³/mol. The highest BCUT2D eigenvalue weighted by Crippen LogP contribution is 2.25. The average Bonchev–Trinajstić information content (AvgIpc) is 3.42. The summed E-state index contributed by atoms with van der Waals surface area (Å²) in [5.74, 6) is 0.563. The molecule has 1 fully saturated rings. The van der Waals surface area contributed by atoms with Crippen LogP contribution in [0.4, 0.5) is 16.6 Å². The summed E-state index contributed by atoms with van der Waals surface area (Å²) in [6.45, 7) is 1.39. The number of hydrogen-bond acceptors (Lipinski definition) is 9. The van der Waals surface area contributed by atoms with Gasteiger partial charge in [0.2, 0.25) is 5.91 Å². The zero-order valence-electron chi connectivity index (χ0n) is 19.1. The summed E-state index contributed by atoms with van der Waals surface area (Å²) in [6.07, 6.45) is 6.36. The summed E-state index contributed by atoms with van der Waals surface area (Å²) in [5, 5.41) is 13.6. The van der Waals surface area contributed by atoms with Gasteiger partial charge in [-0.05, 0) is 61.4 Å². The number of carbonyl (C=O) groups excluding carboxylic acids is 1. The fourth-order valence-electron chi connectivity index (χ4n) is 3.94. The minimum atomic E-state index is -3.73. The van der Waals surface area contributed by atoms with Crippen LogP contribution in [0.1, 0.15) is 12.8 Å². The number of hydrogen-bond donors (Lipinski definition) is 2. The SMILES string of the molecule is O=C(Nc1ccc(S(=O)(=O)Nc2nccs2)cc1)C1CCN(c2ccc(-c3cccnc3)nn2)CC1. The average molecular weight is 522 g/mol. The van der Waals surface area contributed by atoms with Gasteiger partial charge >= 0.3 is 0 Å². The number of carbonyl (C=O) groups is 1. The second kappa shape index (κ2) is 10.4. The largest absolute Gasteiger partial charge is 0.355 e. The van der Waals surface area contributed by atoms with Crippen LogP contribution in [0.15, 0.2) is 77.4 Å². The molecule has 0 radical (unpaired) electrons. The van der Waals surface area contributed by atoms with E-state index in [1.165, 1.54) is 29.7 Å². The number of thiazole rings is 1. The molecule has 1 aromatic carbocycles. The van der Waals surface area contributed by atoms with Crippen molar-refractivity contribution in [3.63, 3.8) is 0 Å². The lowest BCUT2D eigenvalue weighted by molar-refractivity contribution is -0.120. The topological polar surface area (TPSA) is 130 Å². The van der Waals surface area contributed by atoms with Gasteiger partial charge in [0.15, 0.2) is 10.9 Å². The van der Waals surface area contributed by atoms with Crippen molar-refractivity contribution in [3.05, 3.63) is 72.5 Å². The van der Waals surface area contributed by atoms with Gasteiger partial charge in [-0.3, -0.25) is 14.5 Å². The van der Waals surface area contributed by atoms with Gasteiger partial charge in [-0.1, -0.05) is 0 Å². The predicted octanol–water partition coefficient (Wildman–Crippen LogP) is 3.65. The highest BCUT2D eigenvalue weighted by molar-refractivity contribution is 7.93. The molecule has 5 rings (SSSR count). The number of rotatable bonds is 7. The van der Waals surface area contributed by atoms with E-state index in [2.05, 4.69) is 35.1 Å². The Hall–Kier alpha value is -3.90. The van der Waals surface area contributed by atoms with E-state index in [0.29, 0.717) is 36.8 Å². The molecule has 0 atom stereocenters. The molecule has 36 heavy (non-hydrogen) atoms. The van der Waals surface area contributed by atoms with Gasteiger partial charge in [0.05, 0.1) is 10.6 Å². The minimum absolute atomic E-state index is 0.0795. The Balaban J connectivity index is 1.14. The van der Waals surface area contributed by atoms with E-state index < -0.39 is 10.0 Å². The number of anilines is 3. The van der Waals surface area contributed by atoms with E-state index in [9.17, 15) is 13.2 Å². The van der Waals surface area contributed by atoms with Gasteiger partial charge in [-0.15, -0.1) is 21.5 Å². The van der Waals surface area contributed by atoms with E-state index in [4.69, 9.17) is 0 Å². The van der Waals surface area contributed by atoms with Gasteiger partial charge in [-0.2, -0.15) is 0 Å². The third-order valence-electron chi connectivity index (χ3n) is 5.88. The lowest BCUT2D eigenvalue weighted by Gasteiger charge is -2.31. The molecule has 0 aliphatic carbocycles. The molecule has 1 aliphatic heterocycles. The number of sulfonamides is 1. The third kappa shape index (κ3) is 5.50. The molecule has 4 aromatic rings. The van der Waals surface area contributed by atoms with Crippen LogP contribution < -0.4 is 14.9 Å². The molecule has 1 amide bonds. The molecule has 1 aliphatic rings. The molecule has 184 valence electrons. The minimum Gasteiger partial charge on any atom is -0.355 e. The lowest BCUT2D eigenvalue weighted by Crippen LogP contribution is -2.38. The quantitative estimate of drug-likeness (QED) is 0.377. The number of piperidine rings is 1. The zero-order chi connectivity index (χ0) is 25.0. The van der Waals surface area contributed by atoms with Crippen molar-refractivity contribution >= 4 is 43.9 Å². The van der Waals surface area contributed by atoms with E-state index in [-0.39, 0.29) is 16.7 Å². The van der Waals surface area contributed by atoms with E-state index in [1.807, 2.05) is 24.3 Å². The lowest BCUT2D eigenvalue weighted by atomic mass is 9.96. The van der Waals surface area contributed by atoms with E-state index >= 15 is 0 Å². The molecule has 0 saturated carbocycles. The number of aromatic nitrogens is 4. The summed E-state index contributed by atoms with van der Waals surface area (Å²) in [6, 6.07) is 13.8. The van der Waals surface area contributed by atoms with Crippen molar-refractivity contribution in [2.45, 2.75) is 17.7 Å². The molecular weight excluding hydrogens is 498 g/mol. The van der Waals surface area contributed by atoms with Gasteiger partial charge in [0.25, 0.3) is 10.0 Å². The fraction of sp³-hybridized carbons (Fsp3) is 0.208. The highest BCUT2D eigenvalue weighted by atomic mass is 32.2. The normalized spacial score (nSPS) is 14.4. The second-order valence-electron chi connectivity index (χ2n) is 8.24.